The summed E-state index contributed by atoms with van der Waals surface area (Å²) in [5.74, 6) is 0.965. The van der Waals surface area contributed by atoms with Gasteiger partial charge in [0.25, 0.3) is 0 Å². The van der Waals surface area contributed by atoms with Crippen LogP contribution in [0.2, 0.25) is 0 Å². The highest BCUT2D eigenvalue weighted by Gasteiger charge is 2.47. The first-order valence-electron chi connectivity index (χ1n) is 8.48. The Hall–Kier alpha value is -1.00. The maximum absolute atomic E-state index is 4.45. The fraction of sp³-hybridized carbons (Fsp3) is 0.765. The van der Waals surface area contributed by atoms with Gasteiger partial charge in [0.1, 0.15) is 5.82 Å². The highest BCUT2D eigenvalue weighted by atomic mass is 15.3. The molecule has 0 radical (unpaired) electrons. The average Bonchev–Trinajstić information content (AvgIpc) is 3.01. The monoisotopic (exact) mass is 288 g/mol. The van der Waals surface area contributed by atoms with E-state index >= 15 is 0 Å². The fourth-order valence-corrected chi connectivity index (χ4v) is 4.11. The van der Waals surface area contributed by atoms with E-state index in [1.165, 1.54) is 38.5 Å². The summed E-state index contributed by atoms with van der Waals surface area (Å²) in [7, 11) is 0. The molecule has 1 saturated carbocycles. The summed E-state index contributed by atoms with van der Waals surface area (Å²) in [6.07, 6.45) is 11.4. The zero-order valence-electron chi connectivity index (χ0n) is 13.4. The Morgan fingerprint density at radius 1 is 1.14 bits per heavy atom. The van der Waals surface area contributed by atoms with Crippen molar-refractivity contribution in [2.75, 3.05) is 13.1 Å². The predicted octanol–water partition coefficient (Wildman–Crippen LogP) is 2.75. The Bertz CT molecular complexity index is 449. The maximum atomic E-state index is 4.45. The standard InChI is InChI=1S/C17H28N4/c1-3-16(4-2)14-21(12-15-18-10-7-11-19-15)17(13-20-16)8-5-6-9-17/h7,10-11,20H,3-6,8-9,12-14H2,1-2H3. The molecule has 21 heavy (non-hydrogen) atoms. The van der Waals surface area contributed by atoms with Crippen LogP contribution >= 0.6 is 0 Å². The third-order valence-electron chi connectivity index (χ3n) is 5.80. The van der Waals surface area contributed by atoms with Gasteiger partial charge in [-0.2, -0.15) is 0 Å². The molecule has 1 spiro atoms. The van der Waals surface area contributed by atoms with Crippen LogP contribution in [0.4, 0.5) is 0 Å². The van der Waals surface area contributed by atoms with E-state index in [4.69, 9.17) is 0 Å². The van der Waals surface area contributed by atoms with E-state index in [-0.39, 0.29) is 5.54 Å². The molecule has 4 heteroatoms. The lowest BCUT2D eigenvalue weighted by Crippen LogP contribution is -2.68. The van der Waals surface area contributed by atoms with Crippen molar-refractivity contribution in [1.29, 1.82) is 0 Å². The molecule has 1 aromatic rings. The van der Waals surface area contributed by atoms with E-state index in [2.05, 4.69) is 34.0 Å². The van der Waals surface area contributed by atoms with Crippen molar-refractivity contribution in [3.63, 3.8) is 0 Å². The minimum absolute atomic E-state index is 0.266. The van der Waals surface area contributed by atoms with Crippen LogP contribution in [0.3, 0.4) is 0 Å². The SMILES string of the molecule is CCC1(CC)CN(Cc2ncccn2)C2(CCCC2)CN1. The molecule has 1 aromatic heterocycles. The molecule has 0 bridgehead atoms. The molecule has 4 nitrogen and oxygen atoms in total. The van der Waals surface area contributed by atoms with Crippen LogP contribution in [0.25, 0.3) is 0 Å². The minimum Gasteiger partial charge on any atom is -0.308 e. The third kappa shape index (κ3) is 2.84. The van der Waals surface area contributed by atoms with Crippen LogP contribution in [0.15, 0.2) is 18.5 Å². The molecular formula is C17H28N4. The normalized spacial score (nSPS) is 24.5. The van der Waals surface area contributed by atoms with Crippen molar-refractivity contribution in [3.05, 3.63) is 24.3 Å². The number of nitrogens with one attached hydrogen (secondary N) is 1. The lowest BCUT2D eigenvalue weighted by Gasteiger charge is -2.53. The summed E-state index contributed by atoms with van der Waals surface area (Å²) in [6, 6.07) is 1.90. The van der Waals surface area contributed by atoms with E-state index in [0.717, 1.165) is 25.5 Å². The van der Waals surface area contributed by atoms with E-state index in [1.54, 1.807) is 0 Å². The first-order valence-corrected chi connectivity index (χ1v) is 8.48. The van der Waals surface area contributed by atoms with Crippen LogP contribution in [0.1, 0.15) is 58.2 Å². The highest BCUT2D eigenvalue weighted by molar-refractivity contribution is 5.07. The van der Waals surface area contributed by atoms with Crippen molar-refractivity contribution < 1.29 is 0 Å². The lowest BCUT2D eigenvalue weighted by atomic mass is 9.82. The summed E-state index contributed by atoms with van der Waals surface area (Å²) < 4.78 is 0. The molecule has 0 amide bonds. The predicted molar refractivity (Wildman–Crippen MR) is 85.0 cm³/mol. The summed E-state index contributed by atoms with van der Waals surface area (Å²) >= 11 is 0. The Kier molecular flexibility index (Phi) is 4.27. The molecule has 0 unspecified atom stereocenters. The lowest BCUT2D eigenvalue weighted by molar-refractivity contribution is -0.00384. The zero-order chi connectivity index (χ0) is 14.8. The molecule has 2 fully saturated rings. The van der Waals surface area contributed by atoms with Crippen molar-refractivity contribution in [1.82, 2.24) is 20.2 Å². The molecule has 2 heterocycles. The topological polar surface area (TPSA) is 41.1 Å². The molecule has 1 N–H and O–H groups in total. The van der Waals surface area contributed by atoms with Gasteiger partial charge < -0.3 is 5.32 Å². The van der Waals surface area contributed by atoms with Crippen molar-refractivity contribution in [2.24, 2.45) is 0 Å². The van der Waals surface area contributed by atoms with E-state index in [1.807, 2.05) is 18.5 Å². The number of nitrogens with zero attached hydrogens (tertiary/aromatic N) is 3. The molecule has 1 aliphatic carbocycles. The van der Waals surface area contributed by atoms with Gasteiger partial charge in [0.15, 0.2) is 0 Å². The molecule has 3 rings (SSSR count). The van der Waals surface area contributed by atoms with E-state index in [0.29, 0.717) is 5.54 Å². The van der Waals surface area contributed by atoms with Gasteiger partial charge in [-0.1, -0.05) is 26.7 Å². The maximum Gasteiger partial charge on any atom is 0.142 e. The highest BCUT2D eigenvalue weighted by Crippen LogP contribution is 2.40. The second-order valence-corrected chi connectivity index (χ2v) is 6.79. The van der Waals surface area contributed by atoms with Crippen molar-refractivity contribution in [3.8, 4) is 0 Å². The molecule has 0 aromatic carbocycles. The second kappa shape index (κ2) is 6.01. The molecule has 0 atom stereocenters. The van der Waals surface area contributed by atoms with E-state index < -0.39 is 0 Å². The fourth-order valence-electron chi connectivity index (χ4n) is 4.11. The van der Waals surface area contributed by atoms with Crippen LogP contribution < -0.4 is 5.32 Å². The van der Waals surface area contributed by atoms with Gasteiger partial charge >= 0.3 is 0 Å². The van der Waals surface area contributed by atoms with Crippen LogP contribution in [0.5, 0.6) is 0 Å². The molecule has 1 saturated heterocycles. The number of piperazine rings is 1. The first-order chi connectivity index (χ1) is 10.2. The molecule has 2 aliphatic rings. The van der Waals surface area contributed by atoms with Gasteiger partial charge in [-0.3, -0.25) is 4.90 Å². The largest absolute Gasteiger partial charge is 0.308 e. The first kappa shape index (κ1) is 14.9. The Balaban J connectivity index is 1.83. The van der Waals surface area contributed by atoms with Gasteiger partial charge in [0.05, 0.1) is 6.54 Å². The zero-order valence-corrected chi connectivity index (χ0v) is 13.4. The Morgan fingerprint density at radius 3 is 2.43 bits per heavy atom. The second-order valence-electron chi connectivity index (χ2n) is 6.79. The van der Waals surface area contributed by atoms with Crippen LogP contribution in [0, 0.1) is 0 Å². The number of hydrogen-bond acceptors (Lipinski definition) is 4. The van der Waals surface area contributed by atoms with Crippen LogP contribution in [-0.2, 0) is 6.54 Å². The Labute approximate surface area is 128 Å². The smallest absolute Gasteiger partial charge is 0.142 e. The van der Waals surface area contributed by atoms with Gasteiger partial charge in [0.2, 0.25) is 0 Å². The van der Waals surface area contributed by atoms with Gasteiger partial charge in [-0.25, -0.2) is 9.97 Å². The van der Waals surface area contributed by atoms with E-state index in [9.17, 15) is 0 Å². The minimum atomic E-state index is 0.266. The molecule has 1 aliphatic heterocycles. The quantitative estimate of drug-likeness (QED) is 0.925. The Morgan fingerprint density at radius 2 is 1.81 bits per heavy atom. The van der Waals surface area contributed by atoms with Gasteiger partial charge in [0, 0.05) is 36.6 Å². The average molecular weight is 288 g/mol. The van der Waals surface area contributed by atoms with Gasteiger partial charge in [-0.05, 0) is 31.7 Å². The molecule has 116 valence electrons. The summed E-state index contributed by atoms with van der Waals surface area (Å²) in [5, 5.41) is 3.90. The summed E-state index contributed by atoms with van der Waals surface area (Å²) in [4.78, 5) is 11.6. The van der Waals surface area contributed by atoms with Crippen molar-refractivity contribution in [2.45, 2.75) is 70.0 Å². The number of aromatic nitrogens is 2. The number of hydrogen-bond donors (Lipinski definition) is 1. The molecular weight excluding hydrogens is 260 g/mol. The third-order valence-corrected chi connectivity index (χ3v) is 5.80. The van der Waals surface area contributed by atoms with Crippen molar-refractivity contribution >= 4 is 0 Å². The summed E-state index contributed by atoms with van der Waals surface area (Å²) in [6.45, 7) is 7.75. The van der Waals surface area contributed by atoms with Gasteiger partial charge in [-0.15, -0.1) is 0 Å². The number of rotatable bonds is 4. The van der Waals surface area contributed by atoms with Crippen LogP contribution in [-0.4, -0.2) is 39.0 Å². The summed E-state index contributed by atoms with van der Waals surface area (Å²) in [5.41, 5.74) is 0.607.